The van der Waals surface area contributed by atoms with E-state index >= 15 is 0 Å². The van der Waals surface area contributed by atoms with Gasteiger partial charge < -0.3 is 9.47 Å². The van der Waals surface area contributed by atoms with Gasteiger partial charge in [-0.3, -0.25) is 9.89 Å². The number of halogens is 1. The van der Waals surface area contributed by atoms with Gasteiger partial charge in [0.2, 0.25) is 0 Å². The zero-order valence-electron chi connectivity index (χ0n) is 16.1. The number of hydrogen-bond donors (Lipinski definition) is 1. The molecule has 0 saturated carbocycles. The summed E-state index contributed by atoms with van der Waals surface area (Å²) in [5.41, 5.74) is -0.298. The summed E-state index contributed by atoms with van der Waals surface area (Å²) in [5, 5.41) is 19.8. The zero-order valence-corrected chi connectivity index (χ0v) is 17.7. The van der Waals surface area contributed by atoms with Gasteiger partial charge in [0, 0.05) is 17.8 Å². The minimum atomic E-state index is -4.15. The average Bonchev–Trinajstić information content (AvgIpc) is 3.08. The van der Waals surface area contributed by atoms with Crippen LogP contribution < -0.4 is 10.3 Å². The van der Waals surface area contributed by atoms with E-state index in [-0.39, 0.29) is 40.9 Å². The summed E-state index contributed by atoms with van der Waals surface area (Å²) in [5.74, 6) is 0.0248. The molecule has 3 rings (SSSR count). The molecule has 31 heavy (non-hydrogen) atoms. The number of para-hydroxylation sites is 1. The van der Waals surface area contributed by atoms with E-state index in [1.165, 1.54) is 19.2 Å². The Labute approximate surface area is 181 Å². The second-order valence-electron chi connectivity index (χ2n) is 6.03. The highest BCUT2D eigenvalue weighted by Gasteiger charge is 2.19. The number of hydrogen-bond acceptors (Lipinski definition) is 8. The Balaban J connectivity index is 1.98. The lowest BCUT2D eigenvalue weighted by Gasteiger charge is -2.09. The monoisotopic (exact) mass is 461 g/mol. The third-order valence-corrected chi connectivity index (χ3v) is 5.34. The second kappa shape index (κ2) is 9.57. The molecule has 0 spiro atoms. The minimum absolute atomic E-state index is 0.0248. The number of benzene rings is 2. The lowest BCUT2D eigenvalue weighted by Crippen LogP contribution is -2.13. The molecule has 0 atom stereocenters. The predicted molar refractivity (Wildman–Crippen MR) is 112 cm³/mol. The molecule has 1 N–H and O–H groups in total. The molecule has 12 heteroatoms. The molecule has 0 aliphatic heterocycles. The van der Waals surface area contributed by atoms with Gasteiger partial charge in [-0.25, -0.2) is 13.1 Å². The van der Waals surface area contributed by atoms with Gasteiger partial charge in [-0.1, -0.05) is 18.2 Å². The molecule has 1 aromatic heterocycles. The maximum atomic E-state index is 12.7. The Hall–Kier alpha value is -3.46. The first-order chi connectivity index (χ1) is 14.8. The minimum Gasteiger partial charge on any atom is -0.490 e. The first kappa shape index (κ1) is 22.2. The Morgan fingerprint density at radius 3 is 2.55 bits per heavy atom. The number of rotatable bonds is 8. The van der Waals surface area contributed by atoms with Crippen LogP contribution in [0.25, 0.3) is 5.69 Å². The van der Waals surface area contributed by atoms with Gasteiger partial charge in [-0.15, -0.1) is 5.11 Å². The Morgan fingerprint density at radius 1 is 1.16 bits per heavy atom. The highest BCUT2D eigenvalue weighted by molar-refractivity contribution is 8.13. The van der Waals surface area contributed by atoms with Crippen LogP contribution in [-0.4, -0.2) is 38.5 Å². The fourth-order valence-corrected chi connectivity index (χ4v) is 3.56. The van der Waals surface area contributed by atoms with Gasteiger partial charge >= 0.3 is 0 Å². The van der Waals surface area contributed by atoms with Crippen LogP contribution in [0, 0.1) is 11.3 Å². The highest BCUT2D eigenvalue weighted by Crippen LogP contribution is 2.32. The first-order valence-electron chi connectivity index (χ1n) is 8.78. The summed E-state index contributed by atoms with van der Waals surface area (Å²) >= 11 is 0. The van der Waals surface area contributed by atoms with Crippen LogP contribution in [0.1, 0.15) is 5.69 Å². The van der Waals surface area contributed by atoms with Crippen molar-refractivity contribution >= 4 is 31.1 Å². The number of nitriles is 1. The number of ether oxygens (including phenoxy) is 2. The van der Waals surface area contributed by atoms with Crippen LogP contribution >= 0.6 is 10.7 Å². The summed E-state index contributed by atoms with van der Waals surface area (Å²) in [6.45, 7) is 0.367. The Bertz CT molecular complexity index is 1310. The second-order valence-corrected chi connectivity index (χ2v) is 8.57. The van der Waals surface area contributed by atoms with Crippen LogP contribution in [-0.2, 0) is 13.8 Å². The van der Waals surface area contributed by atoms with E-state index in [2.05, 4.69) is 15.3 Å². The van der Waals surface area contributed by atoms with Gasteiger partial charge in [0.1, 0.15) is 23.3 Å². The number of H-pyrrole nitrogens is 1. The predicted octanol–water partition coefficient (Wildman–Crippen LogP) is 3.41. The van der Waals surface area contributed by atoms with Crippen molar-refractivity contribution < 1.29 is 17.9 Å². The summed E-state index contributed by atoms with van der Waals surface area (Å²) in [7, 11) is 2.83. The fraction of sp³-hybridized carbons (Fsp3) is 0.158. The normalized spacial score (nSPS) is 11.5. The van der Waals surface area contributed by atoms with Crippen LogP contribution in [0.4, 0.5) is 11.4 Å². The highest BCUT2D eigenvalue weighted by atomic mass is 35.7. The summed E-state index contributed by atoms with van der Waals surface area (Å²) < 4.78 is 35.2. The van der Waals surface area contributed by atoms with Gasteiger partial charge in [-0.2, -0.15) is 10.4 Å². The molecule has 1 heterocycles. The summed E-state index contributed by atoms with van der Waals surface area (Å²) in [6, 6.07) is 14.4. The van der Waals surface area contributed by atoms with Gasteiger partial charge in [0.25, 0.3) is 14.6 Å². The van der Waals surface area contributed by atoms with E-state index in [0.717, 1.165) is 10.7 Å². The maximum absolute atomic E-state index is 12.7. The van der Waals surface area contributed by atoms with E-state index in [0.29, 0.717) is 5.69 Å². The third kappa shape index (κ3) is 5.18. The number of aromatic nitrogens is 2. The van der Waals surface area contributed by atoms with Gasteiger partial charge in [-0.05, 0) is 30.3 Å². The standard InChI is InChI=1S/C19H16ClN5O5S/c1-29-9-10-30-16-8-7-13(11-17(16)31(20,27)28)22-23-18-15(12-21)24-25(19(18)26)14-5-3-2-4-6-14/h2-8,11,24H,9-10H2,1H3/b23-22+. The fourth-order valence-electron chi connectivity index (χ4n) is 2.57. The summed E-state index contributed by atoms with van der Waals surface area (Å²) in [4.78, 5) is 12.4. The molecule has 0 bridgehead atoms. The molecule has 2 aromatic carbocycles. The Morgan fingerprint density at radius 2 is 1.90 bits per heavy atom. The van der Waals surface area contributed by atoms with Crippen molar-refractivity contribution in [3.05, 3.63) is 64.6 Å². The number of aromatic amines is 1. The molecule has 0 aliphatic rings. The largest absolute Gasteiger partial charge is 0.490 e. The third-order valence-electron chi connectivity index (χ3n) is 3.99. The van der Waals surface area contributed by atoms with Crippen molar-refractivity contribution in [2.24, 2.45) is 10.2 Å². The molecule has 0 radical (unpaired) electrons. The summed E-state index contributed by atoms with van der Waals surface area (Å²) in [6.07, 6.45) is 0. The number of nitrogens with zero attached hydrogens (tertiary/aromatic N) is 4. The van der Waals surface area contributed by atoms with Crippen LogP contribution in [0.5, 0.6) is 5.75 Å². The zero-order chi connectivity index (χ0) is 22.4. The lowest BCUT2D eigenvalue weighted by molar-refractivity contribution is 0.144. The lowest BCUT2D eigenvalue weighted by atomic mass is 10.3. The van der Waals surface area contributed by atoms with Gasteiger partial charge in [0.15, 0.2) is 11.4 Å². The van der Waals surface area contributed by atoms with Crippen LogP contribution in [0.15, 0.2) is 68.4 Å². The number of azo groups is 1. The molecule has 3 aromatic rings. The van der Waals surface area contributed by atoms with Crippen molar-refractivity contribution in [3.63, 3.8) is 0 Å². The number of nitrogens with one attached hydrogen (secondary N) is 1. The molecule has 160 valence electrons. The number of methoxy groups -OCH3 is 1. The van der Waals surface area contributed by atoms with E-state index in [1.54, 1.807) is 30.3 Å². The molecule has 0 saturated heterocycles. The quantitative estimate of drug-likeness (QED) is 0.310. The molecule has 10 nitrogen and oxygen atoms in total. The topological polar surface area (TPSA) is 139 Å². The van der Waals surface area contributed by atoms with Crippen molar-refractivity contribution in [1.82, 2.24) is 9.78 Å². The van der Waals surface area contributed by atoms with E-state index in [4.69, 9.17) is 20.2 Å². The SMILES string of the molecule is COCCOc1ccc(/N=N/c2c(C#N)[nH]n(-c3ccccc3)c2=O)cc1S(=O)(=O)Cl. The van der Waals surface area contributed by atoms with Gasteiger partial charge in [0.05, 0.1) is 18.0 Å². The molecule has 0 aliphatic carbocycles. The molecule has 0 amide bonds. The molecular formula is C19H16ClN5O5S. The van der Waals surface area contributed by atoms with Crippen LogP contribution in [0.3, 0.4) is 0 Å². The molecular weight excluding hydrogens is 446 g/mol. The molecule has 0 unspecified atom stereocenters. The van der Waals surface area contributed by atoms with E-state index in [9.17, 15) is 18.5 Å². The van der Waals surface area contributed by atoms with Crippen LogP contribution in [0.2, 0.25) is 0 Å². The van der Waals surface area contributed by atoms with Crippen molar-refractivity contribution in [3.8, 4) is 17.5 Å². The van der Waals surface area contributed by atoms with Crippen molar-refractivity contribution in [1.29, 1.82) is 5.26 Å². The maximum Gasteiger partial charge on any atom is 0.300 e. The molecule has 0 fully saturated rings. The van der Waals surface area contributed by atoms with Crippen molar-refractivity contribution in [2.75, 3.05) is 20.3 Å². The van der Waals surface area contributed by atoms with Crippen molar-refractivity contribution in [2.45, 2.75) is 4.90 Å². The Kier molecular flexibility index (Phi) is 6.86. The first-order valence-corrected chi connectivity index (χ1v) is 11.1. The van der Waals surface area contributed by atoms with E-state index in [1.807, 2.05) is 6.07 Å². The smallest absolute Gasteiger partial charge is 0.300 e. The van der Waals surface area contributed by atoms with E-state index < -0.39 is 14.6 Å². The average molecular weight is 462 g/mol.